The lowest BCUT2D eigenvalue weighted by atomic mass is 10.1. The number of likely N-dealkylation sites (N-methyl/N-ethyl adjacent to an activating group) is 1. The molecule has 0 spiro atoms. The molecule has 0 unspecified atom stereocenters. The van der Waals surface area contributed by atoms with Crippen molar-refractivity contribution in [2.24, 2.45) is 0 Å². The number of aliphatic carboxylic acids is 1. The molecular formula is C17H30N6O4. The Morgan fingerprint density at radius 3 is 2.44 bits per heavy atom. The van der Waals surface area contributed by atoms with Crippen LogP contribution in [0.5, 0.6) is 0 Å². The topological polar surface area (TPSA) is 129 Å². The Morgan fingerprint density at radius 2 is 1.85 bits per heavy atom. The molecule has 10 heteroatoms. The average Bonchev–Trinajstić information content (AvgIpc) is 3.20. The molecule has 152 valence electrons. The Kier molecular flexibility index (Phi) is 10.0. The van der Waals surface area contributed by atoms with Crippen molar-refractivity contribution in [3.05, 3.63) is 12.4 Å². The monoisotopic (exact) mass is 382 g/mol. The first kappa shape index (κ1) is 22.6. The Labute approximate surface area is 159 Å². The molecule has 2 heterocycles. The summed E-state index contributed by atoms with van der Waals surface area (Å²) in [6.07, 6.45) is 6.81. The number of carboxylic acid groups (broad SMARTS) is 1. The minimum Gasteiger partial charge on any atom is -0.481 e. The molecule has 1 fully saturated rings. The summed E-state index contributed by atoms with van der Waals surface area (Å²) >= 11 is 0. The van der Waals surface area contributed by atoms with Crippen molar-refractivity contribution in [3.63, 3.8) is 0 Å². The number of carbonyl (C=O) groups is 3. The maximum Gasteiger partial charge on any atom is 0.300 e. The predicted octanol–water partition coefficient (Wildman–Crippen LogP) is -0.136. The molecule has 0 aliphatic carbocycles. The van der Waals surface area contributed by atoms with Crippen LogP contribution in [0.1, 0.15) is 39.5 Å². The summed E-state index contributed by atoms with van der Waals surface area (Å²) in [5.41, 5.74) is 0. The van der Waals surface area contributed by atoms with Gasteiger partial charge in [0.05, 0.1) is 6.20 Å². The minimum absolute atomic E-state index is 0.00743. The van der Waals surface area contributed by atoms with Crippen molar-refractivity contribution < 1.29 is 19.5 Å². The Bertz CT molecular complexity index is 588. The van der Waals surface area contributed by atoms with Crippen LogP contribution < -0.4 is 10.6 Å². The maximum atomic E-state index is 12.0. The van der Waals surface area contributed by atoms with Crippen LogP contribution in [-0.4, -0.2) is 75.0 Å². The molecule has 1 saturated heterocycles. The zero-order valence-corrected chi connectivity index (χ0v) is 16.2. The fourth-order valence-electron chi connectivity index (χ4n) is 2.95. The van der Waals surface area contributed by atoms with E-state index in [0.29, 0.717) is 25.6 Å². The van der Waals surface area contributed by atoms with Gasteiger partial charge in [0, 0.05) is 58.2 Å². The number of nitrogens with zero attached hydrogens (tertiary/aromatic N) is 4. The van der Waals surface area contributed by atoms with E-state index < -0.39 is 5.97 Å². The van der Waals surface area contributed by atoms with Gasteiger partial charge in [-0.2, -0.15) is 0 Å². The number of hydrogen-bond donors (Lipinski definition) is 3. The van der Waals surface area contributed by atoms with Gasteiger partial charge in [0.1, 0.15) is 0 Å². The molecule has 27 heavy (non-hydrogen) atoms. The number of nitrogens with one attached hydrogen (secondary N) is 2. The van der Waals surface area contributed by atoms with Gasteiger partial charge < -0.3 is 15.7 Å². The van der Waals surface area contributed by atoms with Gasteiger partial charge in [-0.25, -0.2) is 0 Å². The molecule has 10 nitrogen and oxygen atoms in total. The number of hydrogen-bond acceptors (Lipinski definition) is 6. The summed E-state index contributed by atoms with van der Waals surface area (Å²) < 4.78 is 1.75. The first-order valence-corrected chi connectivity index (χ1v) is 9.06. The number of aryl methyl sites for hydroxylation is 1. The lowest BCUT2D eigenvalue weighted by molar-refractivity contribution is -0.134. The van der Waals surface area contributed by atoms with Crippen molar-refractivity contribution in [1.29, 1.82) is 0 Å². The molecule has 0 saturated carbocycles. The van der Waals surface area contributed by atoms with Crippen molar-refractivity contribution in [2.45, 2.75) is 58.2 Å². The van der Waals surface area contributed by atoms with Crippen molar-refractivity contribution in [2.75, 3.05) is 20.1 Å². The van der Waals surface area contributed by atoms with Gasteiger partial charge in [0.15, 0.2) is 0 Å². The van der Waals surface area contributed by atoms with E-state index in [4.69, 9.17) is 9.90 Å². The highest BCUT2D eigenvalue weighted by Gasteiger charge is 2.31. The standard InChI is InChI=1S/C15H26N6O2.C2H4O2/c1-12(22)17-11-14-5-4-13(20(14)2)10-15(23)16-6-3-8-21-9-7-18-19-21;1-2(3)4/h7,9,13-14H,3-6,8,10-11H2,1-2H3,(H,16,23)(H,17,22);1H3,(H,3,4)/t13-,14+;/m0./s1. The molecule has 1 aliphatic rings. The molecule has 3 N–H and O–H groups in total. The Balaban J connectivity index is 0.000000828. The third-order valence-corrected chi connectivity index (χ3v) is 4.35. The van der Waals surface area contributed by atoms with Crippen LogP contribution in [0, 0.1) is 0 Å². The van der Waals surface area contributed by atoms with E-state index in [-0.39, 0.29) is 17.9 Å². The molecule has 1 aromatic heterocycles. The van der Waals surface area contributed by atoms with Crippen LogP contribution in [0.2, 0.25) is 0 Å². The first-order chi connectivity index (χ1) is 12.8. The summed E-state index contributed by atoms with van der Waals surface area (Å²) in [5, 5.41) is 20.9. The third kappa shape index (κ3) is 9.69. The minimum atomic E-state index is -0.833. The quantitative estimate of drug-likeness (QED) is 0.534. The maximum absolute atomic E-state index is 12.0. The molecule has 2 rings (SSSR count). The van der Waals surface area contributed by atoms with E-state index in [0.717, 1.165) is 32.7 Å². The fourth-order valence-corrected chi connectivity index (χ4v) is 2.95. The lowest BCUT2D eigenvalue weighted by Gasteiger charge is -2.25. The van der Waals surface area contributed by atoms with Gasteiger partial charge >= 0.3 is 0 Å². The number of likely N-dealkylation sites (tertiary alicyclic amines) is 1. The normalized spacial score (nSPS) is 19.1. The smallest absolute Gasteiger partial charge is 0.300 e. The number of amides is 2. The number of rotatable bonds is 8. The zero-order valence-electron chi connectivity index (χ0n) is 16.2. The summed E-state index contributed by atoms with van der Waals surface area (Å²) in [6, 6.07) is 0.577. The van der Waals surface area contributed by atoms with E-state index in [2.05, 4.69) is 25.8 Å². The molecule has 1 aromatic rings. The van der Waals surface area contributed by atoms with Crippen LogP contribution in [-0.2, 0) is 20.9 Å². The van der Waals surface area contributed by atoms with Gasteiger partial charge in [-0.1, -0.05) is 5.21 Å². The zero-order chi connectivity index (χ0) is 20.2. The molecular weight excluding hydrogens is 352 g/mol. The molecule has 2 atom stereocenters. The SMILES string of the molecule is CC(=O)NC[C@H]1CC[C@@H](CC(=O)NCCCn2ccnn2)N1C.CC(=O)O. The summed E-state index contributed by atoms with van der Waals surface area (Å²) in [5.74, 6) is -0.757. The highest BCUT2D eigenvalue weighted by atomic mass is 16.4. The summed E-state index contributed by atoms with van der Waals surface area (Å²) in [6.45, 7) is 4.66. The molecule has 0 bridgehead atoms. The average molecular weight is 382 g/mol. The van der Waals surface area contributed by atoms with E-state index >= 15 is 0 Å². The number of aromatic nitrogens is 3. The Hall–Kier alpha value is -2.49. The molecule has 2 amide bonds. The van der Waals surface area contributed by atoms with Crippen LogP contribution >= 0.6 is 0 Å². The Morgan fingerprint density at radius 1 is 1.19 bits per heavy atom. The lowest BCUT2D eigenvalue weighted by Crippen LogP contribution is -2.42. The van der Waals surface area contributed by atoms with E-state index in [9.17, 15) is 9.59 Å². The number of carbonyl (C=O) groups excluding carboxylic acids is 2. The van der Waals surface area contributed by atoms with Crippen LogP contribution in [0.15, 0.2) is 12.4 Å². The van der Waals surface area contributed by atoms with E-state index in [1.165, 1.54) is 6.92 Å². The van der Waals surface area contributed by atoms with Gasteiger partial charge in [-0.3, -0.25) is 24.0 Å². The molecule has 0 aromatic carbocycles. The largest absolute Gasteiger partial charge is 0.481 e. The molecule has 1 aliphatic heterocycles. The van der Waals surface area contributed by atoms with Crippen LogP contribution in [0.3, 0.4) is 0 Å². The first-order valence-electron chi connectivity index (χ1n) is 9.06. The highest BCUT2D eigenvalue weighted by molar-refractivity contribution is 5.76. The van der Waals surface area contributed by atoms with Gasteiger partial charge in [0.25, 0.3) is 5.97 Å². The van der Waals surface area contributed by atoms with Gasteiger partial charge in [0.2, 0.25) is 11.8 Å². The van der Waals surface area contributed by atoms with Crippen molar-refractivity contribution in [1.82, 2.24) is 30.5 Å². The predicted molar refractivity (Wildman–Crippen MR) is 98.8 cm³/mol. The fraction of sp³-hybridized carbons (Fsp3) is 0.706. The second-order valence-corrected chi connectivity index (χ2v) is 6.58. The highest BCUT2D eigenvalue weighted by Crippen LogP contribution is 2.24. The van der Waals surface area contributed by atoms with Crippen molar-refractivity contribution >= 4 is 17.8 Å². The second kappa shape index (κ2) is 12.0. The summed E-state index contributed by atoms with van der Waals surface area (Å²) in [4.78, 5) is 34.2. The number of carboxylic acids is 1. The van der Waals surface area contributed by atoms with Crippen LogP contribution in [0.25, 0.3) is 0 Å². The van der Waals surface area contributed by atoms with Crippen LogP contribution in [0.4, 0.5) is 0 Å². The van der Waals surface area contributed by atoms with Crippen molar-refractivity contribution in [3.8, 4) is 0 Å². The van der Waals surface area contributed by atoms with E-state index in [1.54, 1.807) is 10.9 Å². The van der Waals surface area contributed by atoms with Gasteiger partial charge in [-0.05, 0) is 26.3 Å². The second-order valence-electron chi connectivity index (χ2n) is 6.58. The van der Waals surface area contributed by atoms with Gasteiger partial charge in [-0.15, -0.1) is 5.10 Å². The summed E-state index contributed by atoms with van der Waals surface area (Å²) in [7, 11) is 2.03. The van der Waals surface area contributed by atoms with E-state index in [1.807, 2.05) is 13.2 Å². The third-order valence-electron chi connectivity index (χ3n) is 4.35. The molecule has 0 radical (unpaired) electrons.